The molecule has 0 heterocycles. The molecule has 0 radical (unpaired) electrons. The first-order valence-electron chi connectivity index (χ1n) is 7.45. The molecule has 0 atom stereocenters. The van der Waals surface area contributed by atoms with E-state index in [1.807, 2.05) is 55.5 Å². The van der Waals surface area contributed by atoms with Crippen molar-refractivity contribution in [2.45, 2.75) is 17.7 Å². The van der Waals surface area contributed by atoms with Crippen LogP contribution in [-0.4, -0.2) is 9.44 Å². The van der Waals surface area contributed by atoms with Gasteiger partial charge in [-0.15, -0.1) is 0 Å². The summed E-state index contributed by atoms with van der Waals surface area (Å²) in [5.74, 6) is 0.368. The van der Waals surface area contributed by atoms with Gasteiger partial charge in [-0.25, -0.2) is 0 Å². The van der Waals surface area contributed by atoms with Crippen molar-refractivity contribution in [3.63, 3.8) is 0 Å². The predicted molar refractivity (Wildman–Crippen MR) is 103 cm³/mol. The van der Waals surface area contributed by atoms with E-state index in [-0.39, 0.29) is 0 Å². The van der Waals surface area contributed by atoms with E-state index >= 15 is 0 Å². The molecule has 0 aliphatic heterocycles. The first-order chi connectivity index (χ1) is 11.3. The Morgan fingerprint density at radius 1 is 0.958 bits per heavy atom. The van der Waals surface area contributed by atoms with E-state index in [1.54, 1.807) is 12.1 Å². The molecule has 0 saturated heterocycles. The van der Waals surface area contributed by atoms with E-state index in [2.05, 4.69) is 0 Å². The van der Waals surface area contributed by atoms with Crippen LogP contribution < -0.4 is 11.5 Å². The first kappa shape index (κ1) is 18.2. The zero-order valence-electron chi connectivity index (χ0n) is 13.3. The SMILES string of the molecule is Cc1ccccc1O.NC1=CC=C(c2ccc(N)cc2)CC1(Cl)Cl. The molecule has 126 valence electrons. The van der Waals surface area contributed by atoms with Gasteiger partial charge in [-0.3, -0.25) is 0 Å². The zero-order valence-corrected chi connectivity index (χ0v) is 14.9. The van der Waals surface area contributed by atoms with Gasteiger partial charge in [0.05, 0.1) is 0 Å². The monoisotopic (exact) mass is 362 g/mol. The molecule has 2 aromatic rings. The number of hydrogen-bond acceptors (Lipinski definition) is 3. The van der Waals surface area contributed by atoms with Crippen molar-refractivity contribution in [1.82, 2.24) is 0 Å². The fourth-order valence-electron chi connectivity index (χ4n) is 2.17. The van der Waals surface area contributed by atoms with Crippen LogP contribution in [0.15, 0.2) is 66.4 Å². The third-order valence-electron chi connectivity index (χ3n) is 3.70. The summed E-state index contributed by atoms with van der Waals surface area (Å²) in [7, 11) is 0. The molecule has 0 bridgehead atoms. The largest absolute Gasteiger partial charge is 0.508 e. The average molecular weight is 363 g/mol. The molecule has 3 rings (SSSR count). The van der Waals surface area contributed by atoms with Gasteiger partial charge >= 0.3 is 0 Å². The molecule has 0 fully saturated rings. The molecule has 0 unspecified atom stereocenters. The summed E-state index contributed by atoms with van der Waals surface area (Å²) in [5, 5.41) is 8.92. The van der Waals surface area contributed by atoms with Crippen LogP contribution in [0, 0.1) is 6.92 Å². The van der Waals surface area contributed by atoms with Crippen LogP contribution in [0.2, 0.25) is 0 Å². The van der Waals surface area contributed by atoms with Crippen LogP contribution in [0.1, 0.15) is 17.5 Å². The highest BCUT2D eigenvalue weighted by Gasteiger charge is 2.31. The second-order valence-corrected chi connectivity index (χ2v) is 7.09. The number of benzene rings is 2. The highest BCUT2D eigenvalue weighted by atomic mass is 35.5. The Morgan fingerprint density at radius 2 is 1.58 bits per heavy atom. The number of alkyl halides is 2. The first-order valence-corrected chi connectivity index (χ1v) is 8.20. The van der Waals surface area contributed by atoms with Crippen molar-refractivity contribution in [2.75, 3.05) is 5.73 Å². The molecule has 5 N–H and O–H groups in total. The van der Waals surface area contributed by atoms with Gasteiger partial charge < -0.3 is 16.6 Å². The van der Waals surface area contributed by atoms with Crippen molar-refractivity contribution in [3.05, 3.63) is 77.5 Å². The third-order valence-corrected chi connectivity index (χ3v) is 4.40. The number of phenolic OH excluding ortho intramolecular Hbond substituents is 1. The van der Waals surface area contributed by atoms with Gasteiger partial charge in [-0.05, 0) is 47.9 Å². The lowest BCUT2D eigenvalue weighted by atomic mass is 9.95. The van der Waals surface area contributed by atoms with Gasteiger partial charge in [0, 0.05) is 17.8 Å². The molecule has 2 aromatic carbocycles. The Balaban J connectivity index is 0.000000219. The summed E-state index contributed by atoms with van der Waals surface area (Å²) in [6, 6.07) is 14.8. The Labute approximate surface area is 152 Å². The number of para-hydroxylation sites is 1. The van der Waals surface area contributed by atoms with E-state index < -0.39 is 4.33 Å². The van der Waals surface area contributed by atoms with Crippen molar-refractivity contribution in [3.8, 4) is 5.75 Å². The molecule has 1 aliphatic carbocycles. The molecule has 0 aromatic heterocycles. The van der Waals surface area contributed by atoms with Gasteiger partial charge in [-0.2, -0.15) is 0 Å². The lowest BCUT2D eigenvalue weighted by Gasteiger charge is -2.25. The second kappa shape index (κ2) is 7.65. The van der Waals surface area contributed by atoms with E-state index in [9.17, 15) is 0 Å². The maximum absolute atomic E-state index is 8.92. The fraction of sp³-hybridized carbons (Fsp3) is 0.158. The fourth-order valence-corrected chi connectivity index (χ4v) is 2.59. The summed E-state index contributed by atoms with van der Waals surface area (Å²) in [5.41, 5.74) is 15.6. The summed E-state index contributed by atoms with van der Waals surface area (Å²) in [6.07, 6.45) is 4.18. The van der Waals surface area contributed by atoms with Gasteiger partial charge in [0.25, 0.3) is 0 Å². The summed E-state index contributed by atoms with van der Waals surface area (Å²) < 4.78 is -1.01. The minimum atomic E-state index is -1.01. The van der Waals surface area contributed by atoms with Crippen molar-refractivity contribution in [2.24, 2.45) is 5.73 Å². The minimum Gasteiger partial charge on any atom is -0.508 e. The van der Waals surface area contributed by atoms with E-state index in [1.165, 1.54) is 0 Å². The lowest BCUT2D eigenvalue weighted by molar-refractivity contribution is 0.471. The molecule has 0 amide bonds. The number of nitrogens with two attached hydrogens (primary N) is 2. The second-order valence-electron chi connectivity index (χ2n) is 5.60. The highest BCUT2D eigenvalue weighted by molar-refractivity contribution is 6.51. The van der Waals surface area contributed by atoms with Crippen molar-refractivity contribution in [1.29, 1.82) is 0 Å². The molecule has 3 nitrogen and oxygen atoms in total. The van der Waals surface area contributed by atoms with Crippen LogP contribution in [-0.2, 0) is 0 Å². The molecular weight excluding hydrogens is 343 g/mol. The Hall–Kier alpha value is -2.10. The average Bonchev–Trinajstić information content (AvgIpc) is 2.54. The lowest BCUT2D eigenvalue weighted by Crippen LogP contribution is -2.25. The number of halogens is 2. The van der Waals surface area contributed by atoms with E-state index in [4.69, 9.17) is 39.8 Å². The number of phenols is 1. The number of nitrogen functional groups attached to an aromatic ring is 1. The van der Waals surface area contributed by atoms with Crippen molar-refractivity contribution >= 4 is 34.5 Å². The number of allylic oxidation sites excluding steroid dienone is 4. The molecular formula is C19H20Cl2N2O. The Kier molecular flexibility index (Phi) is 5.81. The molecule has 5 heteroatoms. The van der Waals surface area contributed by atoms with Gasteiger partial charge in [0.1, 0.15) is 5.75 Å². The highest BCUT2D eigenvalue weighted by Crippen LogP contribution is 2.40. The molecule has 24 heavy (non-hydrogen) atoms. The van der Waals surface area contributed by atoms with Gasteiger partial charge in [0.2, 0.25) is 0 Å². The number of rotatable bonds is 1. The third kappa shape index (κ3) is 4.70. The normalized spacial score (nSPS) is 15.6. The van der Waals surface area contributed by atoms with Crippen LogP contribution in [0.25, 0.3) is 5.57 Å². The molecule has 0 spiro atoms. The number of aromatic hydroxyl groups is 1. The van der Waals surface area contributed by atoms with Gasteiger partial charge in [-0.1, -0.05) is 59.6 Å². The minimum absolute atomic E-state index is 0.368. The maximum atomic E-state index is 8.92. The van der Waals surface area contributed by atoms with E-state index in [0.29, 0.717) is 17.9 Å². The smallest absolute Gasteiger partial charge is 0.161 e. The Bertz CT molecular complexity index is 744. The summed E-state index contributed by atoms with van der Waals surface area (Å²) in [6.45, 7) is 1.87. The van der Waals surface area contributed by atoms with Crippen LogP contribution in [0.5, 0.6) is 5.75 Å². The maximum Gasteiger partial charge on any atom is 0.161 e. The summed E-state index contributed by atoms with van der Waals surface area (Å²) >= 11 is 12.2. The van der Waals surface area contributed by atoms with Gasteiger partial charge in [0.15, 0.2) is 4.33 Å². The van der Waals surface area contributed by atoms with Crippen molar-refractivity contribution < 1.29 is 5.11 Å². The topological polar surface area (TPSA) is 72.3 Å². The van der Waals surface area contributed by atoms with Crippen LogP contribution in [0.3, 0.4) is 0 Å². The zero-order chi connectivity index (χ0) is 17.7. The standard InChI is InChI=1S/C12H12Cl2N2.C7H8O/c13-12(14)7-9(3-6-11(12)16)8-1-4-10(15)5-2-8;1-6-4-2-3-5-7(6)8/h1-6H,7,15-16H2;2-5,8H,1H3. The van der Waals surface area contributed by atoms with E-state index in [0.717, 1.165) is 22.4 Å². The van der Waals surface area contributed by atoms with Crippen LogP contribution in [0.4, 0.5) is 5.69 Å². The number of anilines is 1. The van der Waals surface area contributed by atoms with Crippen LogP contribution >= 0.6 is 23.2 Å². The molecule has 0 saturated carbocycles. The number of hydrogen-bond donors (Lipinski definition) is 3. The Morgan fingerprint density at radius 3 is 2.08 bits per heavy atom. The number of aryl methyl sites for hydroxylation is 1. The quantitative estimate of drug-likeness (QED) is 0.505. The predicted octanol–water partition coefficient (Wildman–Crippen LogP) is 4.77. The molecule has 1 aliphatic rings. The summed E-state index contributed by atoms with van der Waals surface area (Å²) in [4.78, 5) is 0.